The SMILES string of the molecule is Cc1ccc(O)c(C(=O)OCC(=O)NC(C)(C)CC(C)(C)C)c1. The number of esters is 1. The summed E-state index contributed by atoms with van der Waals surface area (Å²) in [6.45, 7) is 11.6. The van der Waals surface area contributed by atoms with Gasteiger partial charge in [0.1, 0.15) is 11.3 Å². The first kappa shape index (κ1) is 19.0. The van der Waals surface area contributed by atoms with Crippen LogP contribution in [0, 0.1) is 12.3 Å². The molecule has 0 unspecified atom stereocenters. The van der Waals surface area contributed by atoms with Crippen LogP contribution in [0.4, 0.5) is 0 Å². The number of carbonyl (C=O) groups excluding carboxylic acids is 2. The van der Waals surface area contributed by atoms with Gasteiger partial charge in [-0.25, -0.2) is 4.79 Å². The third-order valence-corrected chi connectivity index (χ3v) is 3.16. The highest BCUT2D eigenvalue weighted by Gasteiger charge is 2.27. The second-order valence-electron chi connectivity index (χ2n) is 7.77. The van der Waals surface area contributed by atoms with Crippen molar-refractivity contribution in [2.24, 2.45) is 5.41 Å². The van der Waals surface area contributed by atoms with Crippen molar-refractivity contribution < 1.29 is 19.4 Å². The highest BCUT2D eigenvalue weighted by molar-refractivity contribution is 5.94. The maximum atomic E-state index is 12.0. The van der Waals surface area contributed by atoms with E-state index in [0.29, 0.717) is 0 Å². The van der Waals surface area contributed by atoms with Crippen LogP contribution in [0.5, 0.6) is 5.75 Å². The third kappa shape index (κ3) is 6.72. The molecule has 2 N–H and O–H groups in total. The van der Waals surface area contributed by atoms with Crippen molar-refractivity contribution in [1.82, 2.24) is 5.32 Å². The lowest BCUT2D eigenvalue weighted by molar-refractivity contribution is -0.126. The summed E-state index contributed by atoms with van der Waals surface area (Å²) in [5.74, 6) is -1.23. The molecular formula is C18H27NO4. The minimum atomic E-state index is -0.713. The van der Waals surface area contributed by atoms with E-state index in [1.807, 2.05) is 13.8 Å². The molecule has 1 aromatic rings. The van der Waals surface area contributed by atoms with Gasteiger partial charge in [-0.2, -0.15) is 0 Å². The maximum absolute atomic E-state index is 12.0. The van der Waals surface area contributed by atoms with Crippen LogP contribution in [0.3, 0.4) is 0 Å². The van der Waals surface area contributed by atoms with E-state index < -0.39 is 11.5 Å². The van der Waals surface area contributed by atoms with E-state index in [0.717, 1.165) is 12.0 Å². The maximum Gasteiger partial charge on any atom is 0.342 e. The molecule has 0 radical (unpaired) electrons. The molecule has 5 nitrogen and oxygen atoms in total. The van der Waals surface area contributed by atoms with Crippen molar-refractivity contribution in [3.05, 3.63) is 29.3 Å². The lowest BCUT2D eigenvalue weighted by Gasteiger charge is -2.33. The summed E-state index contributed by atoms with van der Waals surface area (Å²) < 4.78 is 4.99. The van der Waals surface area contributed by atoms with Crippen LogP contribution in [-0.2, 0) is 9.53 Å². The molecule has 0 aliphatic rings. The van der Waals surface area contributed by atoms with Gasteiger partial charge in [-0.15, -0.1) is 0 Å². The molecule has 0 saturated carbocycles. The molecule has 0 aliphatic carbocycles. The first-order valence-corrected chi connectivity index (χ1v) is 7.67. The molecule has 0 atom stereocenters. The smallest absolute Gasteiger partial charge is 0.342 e. The molecule has 1 aromatic carbocycles. The second kappa shape index (κ2) is 7.02. The van der Waals surface area contributed by atoms with E-state index in [2.05, 4.69) is 26.1 Å². The molecule has 0 aromatic heterocycles. The molecular weight excluding hydrogens is 294 g/mol. The van der Waals surface area contributed by atoms with Crippen LogP contribution >= 0.6 is 0 Å². The molecule has 0 bridgehead atoms. The fourth-order valence-corrected chi connectivity index (χ4v) is 2.81. The zero-order chi connectivity index (χ0) is 17.8. The van der Waals surface area contributed by atoms with Gasteiger partial charge in [-0.1, -0.05) is 32.4 Å². The Kier molecular flexibility index (Phi) is 5.81. The molecule has 0 saturated heterocycles. The van der Waals surface area contributed by atoms with E-state index in [9.17, 15) is 14.7 Å². The Morgan fingerprint density at radius 1 is 1.17 bits per heavy atom. The summed E-state index contributed by atoms with van der Waals surface area (Å²) in [7, 11) is 0. The molecule has 0 spiro atoms. The summed E-state index contributed by atoms with van der Waals surface area (Å²) >= 11 is 0. The van der Waals surface area contributed by atoms with Crippen LogP contribution in [-0.4, -0.2) is 29.1 Å². The van der Waals surface area contributed by atoms with Gasteiger partial charge in [0.05, 0.1) is 0 Å². The highest BCUT2D eigenvalue weighted by Crippen LogP contribution is 2.26. The fourth-order valence-electron chi connectivity index (χ4n) is 2.81. The largest absolute Gasteiger partial charge is 0.507 e. The van der Waals surface area contributed by atoms with Gasteiger partial charge in [-0.05, 0) is 44.7 Å². The minimum Gasteiger partial charge on any atom is -0.507 e. The van der Waals surface area contributed by atoms with E-state index in [-0.39, 0.29) is 29.2 Å². The Hall–Kier alpha value is -2.04. The van der Waals surface area contributed by atoms with Gasteiger partial charge in [0.25, 0.3) is 5.91 Å². The molecule has 0 fully saturated rings. The lowest BCUT2D eigenvalue weighted by Crippen LogP contribution is -2.47. The van der Waals surface area contributed by atoms with E-state index in [1.165, 1.54) is 12.1 Å². The number of hydrogen-bond acceptors (Lipinski definition) is 4. The van der Waals surface area contributed by atoms with Gasteiger partial charge in [0.2, 0.25) is 0 Å². The number of carbonyl (C=O) groups is 2. The standard InChI is InChI=1S/C18H27NO4/c1-12-7-8-14(20)13(9-12)16(22)23-10-15(21)19-18(5,6)11-17(2,3)4/h7-9,20H,10-11H2,1-6H3,(H,19,21). The zero-order valence-electron chi connectivity index (χ0n) is 14.8. The number of hydrogen-bond donors (Lipinski definition) is 2. The van der Waals surface area contributed by atoms with Crippen molar-refractivity contribution in [2.45, 2.75) is 53.5 Å². The Morgan fingerprint density at radius 3 is 2.35 bits per heavy atom. The molecule has 5 heteroatoms. The molecule has 0 heterocycles. The Balaban J connectivity index is 2.59. The second-order valence-corrected chi connectivity index (χ2v) is 7.77. The lowest BCUT2D eigenvalue weighted by atomic mass is 9.82. The summed E-state index contributed by atoms with van der Waals surface area (Å²) in [5, 5.41) is 12.6. The predicted molar refractivity (Wildman–Crippen MR) is 89.4 cm³/mol. The quantitative estimate of drug-likeness (QED) is 0.817. The van der Waals surface area contributed by atoms with Crippen LogP contribution in [0.25, 0.3) is 0 Å². The van der Waals surface area contributed by atoms with E-state index >= 15 is 0 Å². The number of rotatable bonds is 5. The van der Waals surface area contributed by atoms with E-state index in [1.54, 1.807) is 13.0 Å². The van der Waals surface area contributed by atoms with Crippen LogP contribution in [0.2, 0.25) is 0 Å². The molecule has 0 aliphatic heterocycles. The summed E-state index contributed by atoms with van der Waals surface area (Å²) in [6.07, 6.45) is 0.790. The fraction of sp³-hybridized carbons (Fsp3) is 0.556. The third-order valence-electron chi connectivity index (χ3n) is 3.16. The number of aromatic hydroxyl groups is 1. The van der Waals surface area contributed by atoms with Crippen LogP contribution < -0.4 is 5.32 Å². The minimum absolute atomic E-state index is 0.0618. The first-order chi connectivity index (χ1) is 10.4. The average Bonchev–Trinajstić information content (AvgIpc) is 2.35. The number of nitrogens with one attached hydrogen (secondary N) is 1. The average molecular weight is 321 g/mol. The highest BCUT2D eigenvalue weighted by atomic mass is 16.5. The van der Waals surface area contributed by atoms with Gasteiger partial charge >= 0.3 is 5.97 Å². The molecule has 128 valence electrons. The van der Waals surface area contributed by atoms with Crippen molar-refractivity contribution >= 4 is 11.9 Å². The first-order valence-electron chi connectivity index (χ1n) is 7.67. The molecule has 1 rings (SSSR count). The van der Waals surface area contributed by atoms with Crippen LogP contribution in [0.1, 0.15) is 57.0 Å². The number of phenolic OH excluding ortho intramolecular Hbond substituents is 1. The van der Waals surface area contributed by atoms with Crippen molar-refractivity contribution in [1.29, 1.82) is 0 Å². The predicted octanol–water partition coefficient (Wildman–Crippen LogP) is 3.19. The number of ether oxygens (including phenoxy) is 1. The summed E-state index contributed by atoms with van der Waals surface area (Å²) in [4.78, 5) is 23.9. The Bertz CT molecular complexity index is 585. The van der Waals surface area contributed by atoms with E-state index in [4.69, 9.17) is 4.74 Å². The Morgan fingerprint density at radius 2 is 1.78 bits per heavy atom. The van der Waals surface area contributed by atoms with Crippen LogP contribution in [0.15, 0.2) is 18.2 Å². The van der Waals surface area contributed by atoms with Gasteiger partial charge in [-0.3, -0.25) is 4.79 Å². The monoisotopic (exact) mass is 321 g/mol. The Labute approximate surface area is 138 Å². The van der Waals surface area contributed by atoms with Gasteiger partial charge < -0.3 is 15.2 Å². The van der Waals surface area contributed by atoms with Crippen molar-refractivity contribution in [3.63, 3.8) is 0 Å². The van der Waals surface area contributed by atoms with Crippen molar-refractivity contribution in [3.8, 4) is 5.75 Å². The topological polar surface area (TPSA) is 75.6 Å². The van der Waals surface area contributed by atoms with Crippen molar-refractivity contribution in [2.75, 3.05) is 6.61 Å². The molecule has 1 amide bonds. The number of amides is 1. The summed E-state index contributed by atoms with van der Waals surface area (Å²) in [6, 6.07) is 4.64. The van der Waals surface area contributed by atoms with Gasteiger partial charge in [0, 0.05) is 5.54 Å². The van der Waals surface area contributed by atoms with Gasteiger partial charge in [0.15, 0.2) is 6.61 Å². The molecule has 23 heavy (non-hydrogen) atoms. The normalized spacial score (nSPS) is 11.9. The number of benzene rings is 1. The summed E-state index contributed by atoms with van der Waals surface area (Å²) in [5.41, 5.74) is 0.561. The number of phenols is 1. The zero-order valence-corrected chi connectivity index (χ0v) is 14.8. The number of aryl methyl sites for hydroxylation is 1.